The van der Waals surface area contributed by atoms with Crippen molar-refractivity contribution in [3.05, 3.63) is 69.4 Å². The lowest BCUT2D eigenvalue weighted by atomic mass is 10.0. The lowest BCUT2D eigenvalue weighted by molar-refractivity contribution is 0.176. The van der Waals surface area contributed by atoms with Gasteiger partial charge in [-0.25, -0.2) is 13.2 Å². The third-order valence-electron chi connectivity index (χ3n) is 2.75. The van der Waals surface area contributed by atoms with E-state index in [1.807, 2.05) is 0 Å². The number of halogens is 4. The maximum Gasteiger partial charge on any atom is 0.129 e. The normalized spacial score (nSPS) is 12.5. The summed E-state index contributed by atoms with van der Waals surface area (Å²) >= 11 is 3.14. The first kappa shape index (κ1) is 14.1. The molecule has 5 heteroatoms. The monoisotopic (exact) mass is 330 g/mol. The second-order valence-electron chi connectivity index (χ2n) is 4.12. The highest BCUT2D eigenvalue weighted by atomic mass is 79.9. The minimum Gasteiger partial charge on any atom is -0.388 e. The molecule has 2 aromatic rings. The number of benzene rings is 2. The van der Waals surface area contributed by atoms with Crippen molar-refractivity contribution >= 4 is 15.9 Å². The zero-order valence-corrected chi connectivity index (χ0v) is 11.3. The van der Waals surface area contributed by atoms with Crippen molar-refractivity contribution in [2.45, 2.75) is 12.5 Å². The first-order valence-corrected chi connectivity index (χ1v) is 6.33. The molecule has 1 nitrogen and oxygen atoms in total. The maximum atomic E-state index is 13.5. The van der Waals surface area contributed by atoms with Gasteiger partial charge in [0, 0.05) is 17.0 Å². The van der Waals surface area contributed by atoms with Crippen LogP contribution in [0.2, 0.25) is 0 Å². The molecular formula is C14H10BrF3O. The third kappa shape index (κ3) is 3.36. The van der Waals surface area contributed by atoms with Gasteiger partial charge in [0.25, 0.3) is 0 Å². The van der Waals surface area contributed by atoms with Crippen molar-refractivity contribution in [2.24, 2.45) is 0 Å². The highest BCUT2D eigenvalue weighted by Gasteiger charge is 2.15. The van der Waals surface area contributed by atoms with E-state index in [1.165, 1.54) is 24.3 Å². The van der Waals surface area contributed by atoms with Crippen LogP contribution in [0, 0.1) is 17.5 Å². The summed E-state index contributed by atoms with van der Waals surface area (Å²) in [5.74, 6) is -1.81. The van der Waals surface area contributed by atoms with E-state index >= 15 is 0 Å². The third-order valence-corrected chi connectivity index (χ3v) is 3.44. The van der Waals surface area contributed by atoms with Gasteiger partial charge >= 0.3 is 0 Å². The smallest absolute Gasteiger partial charge is 0.129 e. The molecule has 0 saturated carbocycles. The summed E-state index contributed by atoms with van der Waals surface area (Å²) in [6, 6.07) is 7.04. The molecule has 0 fully saturated rings. The summed E-state index contributed by atoms with van der Waals surface area (Å²) in [6.07, 6.45) is -1.02. The van der Waals surface area contributed by atoms with Crippen LogP contribution in [-0.4, -0.2) is 5.11 Å². The molecule has 19 heavy (non-hydrogen) atoms. The number of hydrogen-bond donors (Lipinski definition) is 1. The Hall–Kier alpha value is -1.33. The quantitative estimate of drug-likeness (QED) is 0.896. The largest absolute Gasteiger partial charge is 0.388 e. The molecule has 0 bridgehead atoms. The van der Waals surface area contributed by atoms with Crippen LogP contribution in [0.15, 0.2) is 40.9 Å². The van der Waals surface area contributed by atoms with E-state index in [0.29, 0.717) is 10.0 Å². The Labute approximate surface area is 116 Å². The molecule has 0 aliphatic heterocycles. The minimum absolute atomic E-state index is 0.0175. The van der Waals surface area contributed by atoms with Gasteiger partial charge in [-0.3, -0.25) is 0 Å². The summed E-state index contributed by atoms with van der Waals surface area (Å²) < 4.78 is 39.6. The number of aliphatic hydroxyl groups excluding tert-OH is 1. The van der Waals surface area contributed by atoms with Crippen molar-refractivity contribution in [3.8, 4) is 0 Å². The molecule has 0 spiro atoms. The molecule has 0 amide bonds. The van der Waals surface area contributed by atoms with Crippen LogP contribution in [0.5, 0.6) is 0 Å². The van der Waals surface area contributed by atoms with Crippen LogP contribution in [-0.2, 0) is 6.42 Å². The van der Waals surface area contributed by atoms with E-state index < -0.39 is 23.6 Å². The molecule has 0 aromatic heterocycles. The summed E-state index contributed by atoms with van der Waals surface area (Å²) in [7, 11) is 0. The first-order chi connectivity index (χ1) is 8.97. The lowest BCUT2D eigenvalue weighted by Gasteiger charge is -2.13. The Bertz CT molecular complexity index is 601. The molecule has 0 saturated heterocycles. The molecule has 0 heterocycles. The minimum atomic E-state index is -1.00. The lowest BCUT2D eigenvalue weighted by Crippen LogP contribution is -2.05. The Morgan fingerprint density at radius 3 is 2.26 bits per heavy atom. The molecule has 1 unspecified atom stereocenters. The van der Waals surface area contributed by atoms with Crippen molar-refractivity contribution < 1.29 is 18.3 Å². The van der Waals surface area contributed by atoms with E-state index in [0.717, 1.165) is 12.1 Å². The van der Waals surface area contributed by atoms with E-state index in [9.17, 15) is 18.3 Å². The van der Waals surface area contributed by atoms with Gasteiger partial charge in [0.1, 0.15) is 17.5 Å². The fourth-order valence-corrected chi connectivity index (χ4v) is 2.39. The Kier molecular flexibility index (Phi) is 4.27. The molecule has 1 N–H and O–H groups in total. The van der Waals surface area contributed by atoms with E-state index in [4.69, 9.17) is 0 Å². The fourth-order valence-electron chi connectivity index (χ4n) is 1.78. The standard InChI is InChI=1S/C14H10BrF3O/c15-12-6-9(16)3-4-11(12)14(19)5-8-1-2-10(17)7-13(8)18/h1-4,6-7,14,19H,5H2. The topological polar surface area (TPSA) is 20.2 Å². The van der Waals surface area contributed by atoms with Crippen LogP contribution in [0.4, 0.5) is 13.2 Å². The first-order valence-electron chi connectivity index (χ1n) is 5.54. The number of hydrogen-bond acceptors (Lipinski definition) is 1. The molecule has 100 valence electrons. The molecule has 0 aliphatic rings. The van der Waals surface area contributed by atoms with E-state index in [2.05, 4.69) is 15.9 Å². The van der Waals surface area contributed by atoms with E-state index in [-0.39, 0.29) is 12.0 Å². The van der Waals surface area contributed by atoms with Gasteiger partial charge < -0.3 is 5.11 Å². The van der Waals surface area contributed by atoms with Gasteiger partial charge in [0.15, 0.2) is 0 Å². The predicted molar refractivity (Wildman–Crippen MR) is 69.1 cm³/mol. The fraction of sp³-hybridized carbons (Fsp3) is 0.143. The summed E-state index contributed by atoms with van der Waals surface area (Å²) in [5, 5.41) is 10.0. The van der Waals surface area contributed by atoms with Crippen LogP contribution in [0.1, 0.15) is 17.2 Å². The molecule has 1 atom stereocenters. The Morgan fingerprint density at radius 1 is 1.00 bits per heavy atom. The summed E-state index contributed by atoms with van der Waals surface area (Å²) in [6.45, 7) is 0. The summed E-state index contributed by atoms with van der Waals surface area (Å²) in [4.78, 5) is 0. The SMILES string of the molecule is OC(Cc1ccc(F)cc1F)c1ccc(F)cc1Br. The molecule has 2 aromatic carbocycles. The van der Waals surface area contributed by atoms with Crippen molar-refractivity contribution in [3.63, 3.8) is 0 Å². The van der Waals surface area contributed by atoms with Gasteiger partial charge in [-0.05, 0) is 29.3 Å². The zero-order valence-electron chi connectivity index (χ0n) is 9.71. The second-order valence-corrected chi connectivity index (χ2v) is 4.98. The Morgan fingerprint density at radius 2 is 1.63 bits per heavy atom. The molecule has 2 rings (SSSR count). The van der Waals surface area contributed by atoms with E-state index in [1.54, 1.807) is 0 Å². The number of rotatable bonds is 3. The van der Waals surface area contributed by atoms with Gasteiger partial charge in [0.05, 0.1) is 6.10 Å². The van der Waals surface area contributed by atoms with Crippen LogP contribution in [0.25, 0.3) is 0 Å². The van der Waals surface area contributed by atoms with Gasteiger partial charge in [-0.15, -0.1) is 0 Å². The Balaban J connectivity index is 2.23. The van der Waals surface area contributed by atoms with Gasteiger partial charge in [0.2, 0.25) is 0 Å². The van der Waals surface area contributed by atoms with Crippen LogP contribution in [0.3, 0.4) is 0 Å². The molecule has 0 radical (unpaired) electrons. The van der Waals surface area contributed by atoms with Crippen LogP contribution < -0.4 is 0 Å². The van der Waals surface area contributed by atoms with Gasteiger partial charge in [-0.2, -0.15) is 0 Å². The molecule has 0 aliphatic carbocycles. The average Bonchev–Trinajstić information content (AvgIpc) is 2.32. The maximum absolute atomic E-state index is 13.5. The molecular weight excluding hydrogens is 321 g/mol. The highest BCUT2D eigenvalue weighted by molar-refractivity contribution is 9.10. The predicted octanol–water partition coefficient (Wildman–Crippen LogP) is 4.14. The van der Waals surface area contributed by atoms with Crippen molar-refractivity contribution in [1.82, 2.24) is 0 Å². The zero-order chi connectivity index (χ0) is 14.0. The van der Waals surface area contributed by atoms with Gasteiger partial charge in [-0.1, -0.05) is 28.1 Å². The number of aliphatic hydroxyl groups is 1. The highest BCUT2D eigenvalue weighted by Crippen LogP contribution is 2.27. The van der Waals surface area contributed by atoms with Crippen molar-refractivity contribution in [1.29, 1.82) is 0 Å². The van der Waals surface area contributed by atoms with Crippen LogP contribution >= 0.6 is 15.9 Å². The second kappa shape index (κ2) is 5.75. The van der Waals surface area contributed by atoms with Crippen molar-refractivity contribution in [2.75, 3.05) is 0 Å². The average molecular weight is 331 g/mol. The summed E-state index contributed by atoms with van der Waals surface area (Å²) in [5.41, 5.74) is 0.648.